The fourth-order valence-corrected chi connectivity index (χ4v) is 3.43. The minimum Gasteiger partial charge on any atom is -0.362 e. The molecule has 0 radical (unpaired) electrons. The summed E-state index contributed by atoms with van der Waals surface area (Å²) in [5, 5.41) is 8.00. The molecule has 0 heterocycles. The molecule has 0 aromatic heterocycles. The van der Waals surface area contributed by atoms with Crippen LogP contribution in [0, 0.1) is 13.8 Å². The van der Waals surface area contributed by atoms with Gasteiger partial charge in [0.25, 0.3) is 0 Å². The van der Waals surface area contributed by atoms with Gasteiger partial charge in [0.1, 0.15) is 0 Å². The highest BCUT2D eigenvalue weighted by molar-refractivity contribution is 7.98. The lowest BCUT2D eigenvalue weighted by atomic mass is 10.1. The second kappa shape index (κ2) is 9.16. The van der Waals surface area contributed by atoms with Crippen molar-refractivity contribution in [3.63, 3.8) is 0 Å². The van der Waals surface area contributed by atoms with Crippen LogP contribution < -0.4 is 10.6 Å². The molecule has 2 nitrogen and oxygen atoms in total. The van der Waals surface area contributed by atoms with E-state index >= 15 is 0 Å². The molecule has 5 heteroatoms. The van der Waals surface area contributed by atoms with Gasteiger partial charge in [-0.15, -0.1) is 0 Å². The summed E-state index contributed by atoms with van der Waals surface area (Å²) >= 11 is 13.3. The SMILES string of the molecule is Cc1ccc(C)c(NC(=S)NCCSCc2ccccc2Cl)c1. The highest BCUT2D eigenvalue weighted by Gasteiger charge is 2.02. The largest absolute Gasteiger partial charge is 0.362 e. The number of aryl methyl sites for hydroxylation is 2. The second-order valence-electron chi connectivity index (χ2n) is 5.34. The Morgan fingerprint density at radius 1 is 1.17 bits per heavy atom. The number of anilines is 1. The number of thiocarbonyl (C=S) groups is 1. The summed E-state index contributed by atoms with van der Waals surface area (Å²) in [5.74, 6) is 1.89. The van der Waals surface area contributed by atoms with E-state index in [-0.39, 0.29) is 0 Å². The molecule has 2 N–H and O–H groups in total. The van der Waals surface area contributed by atoms with Crippen molar-refractivity contribution in [3.05, 3.63) is 64.2 Å². The molecule has 0 amide bonds. The Morgan fingerprint density at radius 2 is 1.96 bits per heavy atom. The zero-order valence-electron chi connectivity index (χ0n) is 13.4. The van der Waals surface area contributed by atoms with E-state index in [0.717, 1.165) is 28.8 Å². The van der Waals surface area contributed by atoms with E-state index in [2.05, 4.69) is 48.7 Å². The van der Waals surface area contributed by atoms with Crippen molar-refractivity contribution in [2.24, 2.45) is 0 Å². The number of benzene rings is 2. The summed E-state index contributed by atoms with van der Waals surface area (Å²) in [5.41, 5.74) is 4.64. The van der Waals surface area contributed by atoms with Crippen LogP contribution in [0.4, 0.5) is 5.69 Å². The standard InChI is InChI=1S/C18H21ClN2S2/c1-13-7-8-14(2)17(11-13)21-18(22)20-9-10-23-12-15-5-3-4-6-16(15)19/h3-8,11H,9-10,12H2,1-2H3,(H2,20,21,22). The van der Waals surface area contributed by atoms with Gasteiger partial charge in [-0.1, -0.05) is 41.9 Å². The van der Waals surface area contributed by atoms with Crippen molar-refractivity contribution in [1.82, 2.24) is 5.32 Å². The third-order valence-corrected chi connectivity index (χ3v) is 5.01. The van der Waals surface area contributed by atoms with E-state index in [9.17, 15) is 0 Å². The molecule has 0 atom stereocenters. The molecule has 0 aliphatic heterocycles. The zero-order chi connectivity index (χ0) is 16.7. The van der Waals surface area contributed by atoms with E-state index in [1.54, 1.807) is 0 Å². The molecule has 23 heavy (non-hydrogen) atoms. The van der Waals surface area contributed by atoms with Gasteiger partial charge < -0.3 is 10.6 Å². The first-order chi connectivity index (χ1) is 11.1. The van der Waals surface area contributed by atoms with Gasteiger partial charge in [-0.3, -0.25) is 0 Å². The fourth-order valence-electron chi connectivity index (χ4n) is 2.07. The number of rotatable bonds is 6. The van der Waals surface area contributed by atoms with Crippen LogP contribution in [0.3, 0.4) is 0 Å². The topological polar surface area (TPSA) is 24.1 Å². The predicted molar refractivity (Wildman–Crippen MR) is 108 cm³/mol. The Hall–Kier alpha value is -1.23. The van der Waals surface area contributed by atoms with Gasteiger partial charge in [0, 0.05) is 28.8 Å². The van der Waals surface area contributed by atoms with Gasteiger partial charge in [-0.25, -0.2) is 0 Å². The van der Waals surface area contributed by atoms with Crippen LogP contribution in [0.5, 0.6) is 0 Å². The molecular formula is C18H21ClN2S2. The summed E-state index contributed by atoms with van der Waals surface area (Å²) < 4.78 is 0. The van der Waals surface area contributed by atoms with Gasteiger partial charge in [0.2, 0.25) is 0 Å². The zero-order valence-corrected chi connectivity index (χ0v) is 15.7. The van der Waals surface area contributed by atoms with Crippen molar-refractivity contribution in [2.75, 3.05) is 17.6 Å². The summed E-state index contributed by atoms with van der Waals surface area (Å²) in [6.07, 6.45) is 0. The maximum absolute atomic E-state index is 6.15. The number of hydrogen-bond acceptors (Lipinski definition) is 2. The molecule has 0 unspecified atom stereocenters. The second-order valence-corrected chi connectivity index (χ2v) is 7.26. The van der Waals surface area contributed by atoms with Gasteiger partial charge >= 0.3 is 0 Å². The van der Waals surface area contributed by atoms with Crippen molar-refractivity contribution in [2.45, 2.75) is 19.6 Å². The minimum atomic E-state index is 0.664. The lowest BCUT2D eigenvalue weighted by Crippen LogP contribution is -2.30. The molecule has 2 aromatic carbocycles. The van der Waals surface area contributed by atoms with Crippen LogP contribution in [0.2, 0.25) is 5.02 Å². The lowest BCUT2D eigenvalue weighted by Gasteiger charge is -2.13. The average Bonchev–Trinajstić information content (AvgIpc) is 2.52. The van der Waals surface area contributed by atoms with Crippen LogP contribution in [0.15, 0.2) is 42.5 Å². The first-order valence-electron chi connectivity index (χ1n) is 7.49. The highest BCUT2D eigenvalue weighted by Crippen LogP contribution is 2.20. The summed E-state index contributed by atoms with van der Waals surface area (Å²) in [7, 11) is 0. The Labute approximate surface area is 153 Å². The first kappa shape index (κ1) is 18.1. The average molecular weight is 365 g/mol. The van der Waals surface area contributed by atoms with Gasteiger partial charge in [0.05, 0.1) is 0 Å². The predicted octanol–water partition coefficient (Wildman–Crippen LogP) is 5.18. The third kappa shape index (κ3) is 6.05. The molecule has 0 saturated heterocycles. The molecule has 0 fully saturated rings. The van der Waals surface area contributed by atoms with E-state index in [4.69, 9.17) is 23.8 Å². The summed E-state index contributed by atoms with van der Waals surface area (Å²) in [6.45, 7) is 4.97. The van der Waals surface area contributed by atoms with Crippen LogP contribution in [-0.4, -0.2) is 17.4 Å². The van der Waals surface area contributed by atoms with E-state index < -0.39 is 0 Å². The van der Waals surface area contributed by atoms with Crippen molar-refractivity contribution < 1.29 is 0 Å². The molecular weight excluding hydrogens is 344 g/mol. The van der Waals surface area contributed by atoms with Crippen LogP contribution in [-0.2, 0) is 5.75 Å². The van der Waals surface area contributed by atoms with Crippen molar-refractivity contribution in [1.29, 1.82) is 0 Å². The molecule has 2 rings (SSSR count). The van der Waals surface area contributed by atoms with Crippen LogP contribution in [0.1, 0.15) is 16.7 Å². The fraction of sp³-hybridized carbons (Fsp3) is 0.278. The molecule has 122 valence electrons. The summed E-state index contributed by atoms with van der Waals surface area (Å²) in [4.78, 5) is 0. The Bertz CT molecular complexity index is 674. The minimum absolute atomic E-state index is 0.664. The number of halogens is 1. The van der Waals surface area contributed by atoms with Gasteiger partial charge in [-0.2, -0.15) is 11.8 Å². The van der Waals surface area contributed by atoms with Crippen molar-refractivity contribution in [3.8, 4) is 0 Å². The number of hydrogen-bond donors (Lipinski definition) is 2. The van der Waals surface area contributed by atoms with Crippen LogP contribution in [0.25, 0.3) is 0 Å². The van der Waals surface area contributed by atoms with Crippen molar-refractivity contribution >= 4 is 46.4 Å². The van der Waals surface area contributed by atoms with Crippen LogP contribution >= 0.6 is 35.6 Å². The van der Waals surface area contributed by atoms with E-state index in [1.807, 2.05) is 30.0 Å². The maximum Gasteiger partial charge on any atom is 0.170 e. The Morgan fingerprint density at radius 3 is 2.74 bits per heavy atom. The molecule has 0 aliphatic carbocycles. The molecule has 0 aliphatic rings. The normalized spacial score (nSPS) is 10.4. The molecule has 2 aromatic rings. The Balaban J connectivity index is 1.69. The monoisotopic (exact) mass is 364 g/mol. The number of thioether (sulfide) groups is 1. The highest BCUT2D eigenvalue weighted by atomic mass is 35.5. The van der Waals surface area contributed by atoms with Gasteiger partial charge in [0.15, 0.2) is 5.11 Å². The first-order valence-corrected chi connectivity index (χ1v) is 9.43. The summed E-state index contributed by atoms with van der Waals surface area (Å²) in [6, 6.07) is 14.3. The maximum atomic E-state index is 6.15. The quantitative estimate of drug-likeness (QED) is 0.545. The number of nitrogens with one attached hydrogen (secondary N) is 2. The smallest absolute Gasteiger partial charge is 0.170 e. The van der Waals surface area contributed by atoms with E-state index in [0.29, 0.717) is 5.11 Å². The van der Waals surface area contributed by atoms with Gasteiger partial charge in [-0.05, 0) is 54.9 Å². The molecule has 0 bridgehead atoms. The molecule has 0 spiro atoms. The lowest BCUT2D eigenvalue weighted by molar-refractivity contribution is 0.989. The Kier molecular flexibility index (Phi) is 7.21. The molecule has 0 saturated carbocycles. The van der Waals surface area contributed by atoms with E-state index in [1.165, 1.54) is 16.7 Å². The third-order valence-electron chi connectivity index (χ3n) is 3.39.